The second-order valence-electron chi connectivity index (χ2n) is 6.29. The molecular weight excluding hydrogens is 396 g/mol. The fourth-order valence-electron chi connectivity index (χ4n) is 2.67. The van der Waals surface area contributed by atoms with Crippen LogP contribution >= 0.6 is 23.6 Å². The molecule has 2 aromatic carbocycles. The van der Waals surface area contributed by atoms with E-state index >= 15 is 0 Å². The average Bonchev–Trinajstić information content (AvgIpc) is 2.72. The summed E-state index contributed by atoms with van der Waals surface area (Å²) >= 11 is 7.06. The lowest BCUT2D eigenvalue weighted by Gasteiger charge is -2.15. The molecule has 1 atom stereocenters. The number of hydrogen-bond donors (Lipinski definition) is 2. The van der Waals surface area contributed by atoms with Crippen molar-refractivity contribution in [3.05, 3.63) is 77.0 Å². The van der Waals surface area contributed by atoms with Crippen molar-refractivity contribution in [1.29, 1.82) is 0 Å². The molecule has 0 aromatic heterocycles. The summed E-state index contributed by atoms with van der Waals surface area (Å²) in [5, 5.41) is 6.80. The molecule has 0 fully saturated rings. The Hall–Kier alpha value is -2.41. The summed E-state index contributed by atoms with van der Waals surface area (Å²) in [5.74, 6) is 0.247. The molecule has 0 aliphatic carbocycles. The first-order valence-corrected chi connectivity index (χ1v) is 10.3. The molecule has 1 heterocycles. The smallest absolute Gasteiger partial charge is 0.251 e. The van der Waals surface area contributed by atoms with Gasteiger partial charge in [0.05, 0.1) is 0 Å². The first kappa shape index (κ1) is 20.3. The van der Waals surface area contributed by atoms with Gasteiger partial charge in [-0.05, 0) is 54.0 Å². The summed E-state index contributed by atoms with van der Waals surface area (Å²) in [4.78, 5) is 18.0. The zero-order valence-corrected chi connectivity index (χ0v) is 17.1. The number of benzene rings is 2. The van der Waals surface area contributed by atoms with Gasteiger partial charge in [0.2, 0.25) is 0 Å². The lowest BCUT2D eigenvalue weighted by molar-refractivity contribution is -0.0770. The van der Waals surface area contributed by atoms with Crippen LogP contribution in [0.1, 0.15) is 17.3 Å². The highest BCUT2D eigenvalue weighted by atomic mass is 35.5. The maximum Gasteiger partial charge on any atom is 0.251 e. The van der Waals surface area contributed by atoms with Crippen molar-refractivity contribution in [3.8, 4) is 16.9 Å². The average molecular weight is 417 g/mol. The topological polar surface area (TPSA) is 59.6 Å². The van der Waals surface area contributed by atoms with E-state index in [9.17, 15) is 4.79 Å². The Morgan fingerprint density at radius 2 is 2.00 bits per heavy atom. The maximum atomic E-state index is 12.7. The van der Waals surface area contributed by atoms with Crippen molar-refractivity contribution in [1.82, 2.24) is 10.6 Å². The van der Waals surface area contributed by atoms with Gasteiger partial charge in [-0.3, -0.25) is 4.79 Å². The molecule has 2 aromatic rings. The standard InChI is InChI=1S/C21H21ClN2O3S/c1-14-3-4-15(12-23-14)13-24-21(25)18-9-17(10-20(11-18)26-27-28-2)16-5-7-19(22)8-6-16/h3-12,14,23H,13H2,1-2H3,(H,24,25). The number of dihydropyridines is 1. The number of nitrogens with one attached hydrogen (secondary N) is 2. The molecule has 1 aliphatic rings. The van der Waals surface area contributed by atoms with Gasteiger partial charge in [0.1, 0.15) is 0 Å². The van der Waals surface area contributed by atoms with E-state index in [0.717, 1.165) is 28.7 Å². The van der Waals surface area contributed by atoms with Crippen molar-refractivity contribution in [2.24, 2.45) is 0 Å². The van der Waals surface area contributed by atoms with Gasteiger partial charge in [0.15, 0.2) is 5.75 Å². The second-order valence-corrected chi connectivity index (χ2v) is 7.19. The van der Waals surface area contributed by atoms with Gasteiger partial charge in [-0.15, -0.1) is 4.33 Å². The van der Waals surface area contributed by atoms with E-state index in [2.05, 4.69) is 17.6 Å². The van der Waals surface area contributed by atoms with Crippen LogP contribution in [0.25, 0.3) is 11.1 Å². The maximum absolute atomic E-state index is 12.7. The molecule has 0 saturated carbocycles. The Balaban J connectivity index is 1.80. The fourth-order valence-corrected chi connectivity index (χ4v) is 2.94. The van der Waals surface area contributed by atoms with Crippen molar-refractivity contribution < 1.29 is 14.0 Å². The molecule has 1 amide bonds. The van der Waals surface area contributed by atoms with Crippen LogP contribution in [-0.2, 0) is 4.33 Å². The molecule has 2 N–H and O–H groups in total. The predicted molar refractivity (Wildman–Crippen MR) is 114 cm³/mol. The SMILES string of the molecule is CSOOc1cc(C(=O)NCC2=CNC(C)C=C2)cc(-c2ccc(Cl)cc2)c1. The minimum atomic E-state index is -0.197. The van der Waals surface area contributed by atoms with Crippen LogP contribution in [0.15, 0.2) is 66.4 Å². The molecule has 0 spiro atoms. The van der Waals surface area contributed by atoms with Crippen molar-refractivity contribution in [3.63, 3.8) is 0 Å². The van der Waals surface area contributed by atoms with Crippen LogP contribution in [0, 0.1) is 0 Å². The molecule has 0 bridgehead atoms. The molecule has 5 nitrogen and oxygen atoms in total. The van der Waals surface area contributed by atoms with Crippen LogP contribution in [0.5, 0.6) is 5.75 Å². The van der Waals surface area contributed by atoms with Gasteiger partial charge in [-0.2, -0.15) is 0 Å². The molecule has 0 saturated heterocycles. The quantitative estimate of drug-likeness (QED) is 0.387. The third kappa shape index (κ3) is 5.55. The predicted octanol–water partition coefficient (Wildman–Crippen LogP) is 4.76. The lowest BCUT2D eigenvalue weighted by Crippen LogP contribution is -2.28. The van der Waals surface area contributed by atoms with Gasteiger partial charge in [-0.1, -0.05) is 35.9 Å². The second kappa shape index (κ2) is 9.68. The summed E-state index contributed by atoms with van der Waals surface area (Å²) in [6.07, 6.45) is 7.72. The number of carbonyl (C=O) groups is 1. The number of carbonyl (C=O) groups excluding carboxylic acids is 1. The summed E-state index contributed by atoms with van der Waals surface area (Å²) in [6.45, 7) is 2.49. The summed E-state index contributed by atoms with van der Waals surface area (Å²) in [5.41, 5.74) is 3.23. The van der Waals surface area contributed by atoms with E-state index in [0.29, 0.717) is 28.9 Å². The fraction of sp³-hybridized carbons (Fsp3) is 0.190. The Morgan fingerprint density at radius 3 is 2.68 bits per heavy atom. The van der Waals surface area contributed by atoms with E-state index in [1.165, 1.54) is 0 Å². The normalized spacial score (nSPS) is 15.5. The number of hydrogen-bond acceptors (Lipinski definition) is 5. The van der Waals surface area contributed by atoms with E-state index < -0.39 is 0 Å². The Kier molecular flexibility index (Phi) is 7.03. The van der Waals surface area contributed by atoms with Gasteiger partial charge in [0.25, 0.3) is 5.91 Å². The van der Waals surface area contributed by atoms with Crippen molar-refractivity contribution in [2.45, 2.75) is 13.0 Å². The Morgan fingerprint density at radius 1 is 1.21 bits per heavy atom. The summed E-state index contributed by atoms with van der Waals surface area (Å²) in [7, 11) is 0. The van der Waals surface area contributed by atoms with Crippen LogP contribution in [-0.4, -0.2) is 24.7 Å². The number of halogens is 1. The molecule has 28 heavy (non-hydrogen) atoms. The van der Waals surface area contributed by atoms with E-state index in [4.69, 9.17) is 20.8 Å². The zero-order valence-electron chi connectivity index (χ0n) is 15.6. The van der Waals surface area contributed by atoms with Crippen LogP contribution in [0.4, 0.5) is 0 Å². The third-order valence-electron chi connectivity index (χ3n) is 4.13. The first-order chi connectivity index (χ1) is 13.5. The highest BCUT2D eigenvalue weighted by Gasteiger charge is 2.12. The summed E-state index contributed by atoms with van der Waals surface area (Å²) < 4.78 is 4.97. The van der Waals surface area contributed by atoms with Gasteiger partial charge in [0, 0.05) is 47.7 Å². The van der Waals surface area contributed by atoms with Crippen LogP contribution < -0.4 is 15.5 Å². The van der Waals surface area contributed by atoms with Gasteiger partial charge in [-0.25, -0.2) is 0 Å². The Labute approximate surface area is 173 Å². The highest BCUT2D eigenvalue weighted by Crippen LogP contribution is 2.28. The van der Waals surface area contributed by atoms with E-state index in [1.807, 2.05) is 42.6 Å². The molecule has 7 heteroatoms. The highest BCUT2D eigenvalue weighted by molar-refractivity contribution is 7.93. The van der Waals surface area contributed by atoms with E-state index in [1.54, 1.807) is 24.5 Å². The third-order valence-corrected chi connectivity index (χ3v) is 4.58. The van der Waals surface area contributed by atoms with E-state index in [-0.39, 0.29) is 5.91 Å². The van der Waals surface area contributed by atoms with Crippen molar-refractivity contribution >= 4 is 29.6 Å². The van der Waals surface area contributed by atoms with Crippen LogP contribution in [0.3, 0.4) is 0 Å². The molecule has 1 aliphatic heterocycles. The minimum absolute atomic E-state index is 0.197. The van der Waals surface area contributed by atoms with Crippen LogP contribution in [0.2, 0.25) is 5.02 Å². The summed E-state index contributed by atoms with van der Waals surface area (Å²) in [6, 6.07) is 13.0. The number of rotatable bonds is 7. The number of amides is 1. The van der Waals surface area contributed by atoms with Gasteiger partial charge >= 0.3 is 0 Å². The molecule has 146 valence electrons. The lowest BCUT2D eigenvalue weighted by atomic mass is 10.0. The molecule has 3 rings (SSSR count). The van der Waals surface area contributed by atoms with Crippen molar-refractivity contribution in [2.75, 3.05) is 12.8 Å². The molecular formula is C21H21ClN2O3S. The minimum Gasteiger partial charge on any atom is -0.385 e. The molecule has 1 unspecified atom stereocenters. The van der Waals surface area contributed by atoms with Gasteiger partial charge < -0.3 is 15.5 Å². The zero-order chi connectivity index (χ0) is 19.9. The monoisotopic (exact) mass is 416 g/mol. The Bertz CT molecular complexity index is 897. The first-order valence-electron chi connectivity index (χ1n) is 8.75. The molecule has 0 radical (unpaired) electrons. The largest absolute Gasteiger partial charge is 0.385 e.